The molecular formula is C16H18ClFN2O. The first-order chi connectivity index (χ1) is 10.0. The normalized spacial score (nSPS) is 12.2. The molecular weight excluding hydrogens is 291 g/mol. The number of methoxy groups -OCH3 is 1. The van der Waals surface area contributed by atoms with Crippen molar-refractivity contribution in [1.29, 1.82) is 0 Å². The highest BCUT2D eigenvalue weighted by Gasteiger charge is 2.17. The summed E-state index contributed by atoms with van der Waals surface area (Å²) in [6, 6.07) is 9.94. The zero-order valence-electron chi connectivity index (χ0n) is 12.0. The summed E-state index contributed by atoms with van der Waals surface area (Å²) in [5, 5.41) is 0.517. The molecule has 2 rings (SSSR count). The molecule has 1 unspecified atom stereocenters. The summed E-state index contributed by atoms with van der Waals surface area (Å²) in [6.45, 7) is 1.99. The van der Waals surface area contributed by atoms with E-state index < -0.39 is 0 Å². The van der Waals surface area contributed by atoms with Crippen molar-refractivity contribution in [3.05, 3.63) is 63.9 Å². The molecule has 0 aliphatic heterocycles. The van der Waals surface area contributed by atoms with Crippen LogP contribution in [-0.2, 0) is 6.42 Å². The van der Waals surface area contributed by atoms with Gasteiger partial charge >= 0.3 is 0 Å². The number of aryl methyl sites for hydroxylation is 1. The van der Waals surface area contributed by atoms with Crippen molar-refractivity contribution in [2.45, 2.75) is 19.4 Å². The lowest BCUT2D eigenvalue weighted by atomic mass is 9.97. The van der Waals surface area contributed by atoms with E-state index >= 15 is 0 Å². The Morgan fingerprint density at radius 2 is 2.05 bits per heavy atom. The van der Waals surface area contributed by atoms with Crippen molar-refractivity contribution in [2.24, 2.45) is 5.84 Å². The number of ether oxygens (including phenoxy) is 1. The number of hydrogen-bond donors (Lipinski definition) is 2. The minimum absolute atomic E-state index is 0.223. The van der Waals surface area contributed by atoms with E-state index in [0.29, 0.717) is 17.0 Å². The molecule has 0 aromatic heterocycles. The molecule has 21 heavy (non-hydrogen) atoms. The second-order valence-corrected chi connectivity index (χ2v) is 5.31. The van der Waals surface area contributed by atoms with Crippen LogP contribution in [0.3, 0.4) is 0 Å². The Morgan fingerprint density at radius 3 is 2.71 bits per heavy atom. The number of halogens is 2. The minimum atomic E-state index is -0.318. The molecule has 3 N–H and O–H groups in total. The molecule has 0 bridgehead atoms. The third-order valence-corrected chi connectivity index (χ3v) is 3.76. The van der Waals surface area contributed by atoms with Gasteiger partial charge in [-0.05, 0) is 43.2 Å². The predicted octanol–water partition coefficient (Wildman–Crippen LogP) is 3.54. The van der Waals surface area contributed by atoms with Gasteiger partial charge in [-0.3, -0.25) is 11.3 Å². The number of benzene rings is 2. The summed E-state index contributed by atoms with van der Waals surface area (Å²) >= 11 is 6.12. The van der Waals surface area contributed by atoms with Crippen molar-refractivity contribution >= 4 is 11.6 Å². The van der Waals surface area contributed by atoms with Crippen molar-refractivity contribution in [2.75, 3.05) is 7.11 Å². The average Bonchev–Trinajstić information content (AvgIpc) is 2.48. The van der Waals surface area contributed by atoms with E-state index in [0.717, 1.165) is 16.9 Å². The molecule has 0 fully saturated rings. The standard InChI is InChI=1S/C16H18ClFN2O/c1-10-3-6-16(21-2)13(7-10)15(20-19)9-11-8-12(18)4-5-14(11)17/h3-8,15,20H,9,19H2,1-2H3. The third kappa shape index (κ3) is 3.73. The Bertz CT molecular complexity index is 634. The minimum Gasteiger partial charge on any atom is -0.496 e. The van der Waals surface area contributed by atoms with Crippen molar-refractivity contribution in [1.82, 2.24) is 5.43 Å². The maximum Gasteiger partial charge on any atom is 0.123 e. The molecule has 0 heterocycles. The Kier molecular flexibility index (Phi) is 5.17. The first-order valence-corrected chi connectivity index (χ1v) is 6.97. The first-order valence-electron chi connectivity index (χ1n) is 6.59. The van der Waals surface area contributed by atoms with E-state index in [2.05, 4.69) is 5.43 Å². The Balaban J connectivity index is 2.36. The summed E-state index contributed by atoms with van der Waals surface area (Å²) in [5.41, 5.74) is 5.46. The smallest absolute Gasteiger partial charge is 0.123 e. The quantitative estimate of drug-likeness (QED) is 0.656. The van der Waals surface area contributed by atoms with Gasteiger partial charge in [0.15, 0.2) is 0 Å². The van der Waals surface area contributed by atoms with Crippen LogP contribution in [0.15, 0.2) is 36.4 Å². The highest BCUT2D eigenvalue weighted by molar-refractivity contribution is 6.31. The maximum absolute atomic E-state index is 13.4. The van der Waals surface area contributed by atoms with Gasteiger partial charge < -0.3 is 4.74 Å². The van der Waals surface area contributed by atoms with Crippen molar-refractivity contribution in [3.63, 3.8) is 0 Å². The third-order valence-electron chi connectivity index (χ3n) is 3.39. The number of nitrogens with two attached hydrogens (primary N) is 1. The van der Waals surface area contributed by atoms with E-state index in [-0.39, 0.29) is 11.9 Å². The van der Waals surface area contributed by atoms with E-state index in [9.17, 15) is 4.39 Å². The molecule has 112 valence electrons. The lowest BCUT2D eigenvalue weighted by Crippen LogP contribution is -2.30. The van der Waals surface area contributed by atoms with E-state index in [1.165, 1.54) is 12.1 Å². The zero-order valence-corrected chi connectivity index (χ0v) is 12.7. The molecule has 0 saturated carbocycles. The predicted molar refractivity (Wildman–Crippen MR) is 82.9 cm³/mol. The first kappa shape index (κ1) is 15.8. The monoisotopic (exact) mass is 308 g/mol. The van der Waals surface area contributed by atoms with Crippen LogP contribution in [0.4, 0.5) is 4.39 Å². The molecule has 2 aromatic rings. The molecule has 0 spiro atoms. The van der Waals surface area contributed by atoms with Crippen LogP contribution in [0, 0.1) is 12.7 Å². The van der Waals surface area contributed by atoms with Crippen molar-refractivity contribution in [3.8, 4) is 5.75 Å². The molecule has 0 aliphatic rings. The highest BCUT2D eigenvalue weighted by atomic mass is 35.5. The van der Waals surface area contributed by atoms with Crippen LogP contribution in [-0.4, -0.2) is 7.11 Å². The lowest BCUT2D eigenvalue weighted by molar-refractivity contribution is 0.399. The van der Waals surface area contributed by atoms with E-state index in [1.807, 2.05) is 25.1 Å². The second kappa shape index (κ2) is 6.89. The lowest BCUT2D eigenvalue weighted by Gasteiger charge is -2.20. The molecule has 5 heteroatoms. The number of hydrazine groups is 1. The molecule has 0 saturated heterocycles. The Labute approximate surface area is 128 Å². The summed E-state index contributed by atoms with van der Waals surface area (Å²) < 4.78 is 18.8. The van der Waals surface area contributed by atoms with Crippen LogP contribution >= 0.6 is 11.6 Å². The maximum atomic E-state index is 13.4. The Morgan fingerprint density at radius 1 is 1.29 bits per heavy atom. The average molecular weight is 309 g/mol. The molecule has 0 radical (unpaired) electrons. The van der Waals surface area contributed by atoms with E-state index in [1.54, 1.807) is 13.2 Å². The fourth-order valence-corrected chi connectivity index (χ4v) is 2.50. The van der Waals surface area contributed by atoms with Gasteiger partial charge in [0.05, 0.1) is 13.2 Å². The topological polar surface area (TPSA) is 47.3 Å². The van der Waals surface area contributed by atoms with Crippen LogP contribution in [0.5, 0.6) is 5.75 Å². The molecule has 0 amide bonds. The fourth-order valence-electron chi connectivity index (χ4n) is 2.30. The largest absolute Gasteiger partial charge is 0.496 e. The molecule has 2 aromatic carbocycles. The summed E-state index contributed by atoms with van der Waals surface area (Å²) in [5.74, 6) is 6.09. The van der Waals surface area contributed by atoms with Crippen molar-refractivity contribution < 1.29 is 9.13 Å². The SMILES string of the molecule is COc1ccc(C)cc1C(Cc1cc(F)ccc1Cl)NN. The second-order valence-electron chi connectivity index (χ2n) is 4.90. The summed E-state index contributed by atoms with van der Waals surface area (Å²) in [7, 11) is 1.61. The van der Waals surface area contributed by atoms with Crippen LogP contribution in [0.2, 0.25) is 5.02 Å². The van der Waals surface area contributed by atoms with E-state index in [4.69, 9.17) is 22.2 Å². The van der Waals surface area contributed by atoms with Gasteiger partial charge in [-0.25, -0.2) is 4.39 Å². The van der Waals surface area contributed by atoms with Gasteiger partial charge in [-0.1, -0.05) is 29.3 Å². The van der Waals surface area contributed by atoms with Gasteiger partial charge in [-0.15, -0.1) is 0 Å². The summed E-state index contributed by atoms with van der Waals surface area (Å²) in [6.07, 6.45) is 0.465. The van der Waals surface area contributed by atoms with Crippen LogP contribution in [0.25, 0.3) is 0 Å². The van der Waals surface area contributed by atoms with Gasteiger partial charge in [0.1, 0.15) is 11.6 Å². The van der Waals surface area contributed by atoms with Gasteiger partial charge in [-0.2, -0.15) is 0 Å². The highest BCUT2D eigenvalue weighted by Crippen LogP contribution is 2.30. The number of hydrogen-bond acceptors (Lipinski definition) is 3. The van der Waals surface area contributed by atoms with Gasteiger partial charge in [0.25, 0.3) is 0 Å². The summed E-state index contributed by atoms with van der Waals surface area (Å²) in [4.78, 5) is 0. The number of nitrogens with one attached hydrogen (secondary N) is 1. The molecule has 3 nitrogen and oxygen atoms in total. The van der Waals surface area contributed by atoms with Gasteiger partial charge in [0.2, 0.25) is 0 Å². The molecule has 0 aliphatic carbocycles. The van der Waals surface area contributed by atoms with Crippen LogP contribution in [0.1, 0.15) is 22.7 Å². The fraction of sp³-hybridized carbons (Fsp3) is 0.250. The Hall–Kier alpha value is -1.62. The van der Waals surface area contributed by atoms with Crippen LogP contribution < -0.4 is 16.0 Å². The molecule has 1 atom stereocenters. The zero-order chi connectivity index (χ0) is 15.4. The number of rotatable bonds is 5. The van der Waals surface area contributed by atoms with Gasteiger partial charge in [0, 0.05) is 10.6 Å².